The molecular formula is C14H14BrClFN3O. The molecule has 1 saturated heterocycles. The lowest BCUT2D eigenvalue weighted by atomic mass is 10.1. The molecular weight excluding hydrogens is 361 g/mol. The molecule has 4 nitrogen and oxygen atoms in total. The van der Waals surface area contributed by atoms with Crippen LogP contribution in [0.5, 0.6) is 0 Å². The van der Waals surface area contributed by atoms with E-state index in [2.05, 4.69) is 26.2 Å². The molecule has 2 aromatic rings. The summed E-state index contributed by atoms with van der Waals surface area (Å²) in [6.45, 7) is 2.48. The number of rotatable bonds is 2. The minimum atomic E-state index is -0.381. The molecule has 0 saturated carbocycles. The van der Waals surface area contributed by atoms with Gasteiger partial charge in [-0.15, -0.1) is 11.6 Å². The summed E-state index contributed by atoms with van der Waals surface area (Å²) in [6, 6.07) is 2.67. The van der Waals surface area contributed by atoms with E-state index in [1.54, 1.807) is 13.0 Å². The van der Waals surface area contributed by atoms with Crippen molar-refractivity contribution >= 4 is 44.5 Å². The number of nitrogens with one attached hydrogen (secondary N) is 1. The number of halogens is 3. The zero-order chi connectivity index (χ0) is 15.1. The lowest BCUT2D eigenvalue weighted by molar-refractivity contribution is -0.125. The predicted molar refractivity (Wildman–Crippen MR) is 82.9 cm³/mol. The molecule has 1 aromatic heterocycles. The SMILES string of the molecule is CC(Cl)c1nc2cc(F)c(Br)cc2n1C1CCCNC1=O. The normalized spacial score (nSPS) is 20.6. The Labute approximate surface area is 134 Å². The van der Waals surface area contributed by atoms with Crippen molar-refractivity contribution in [2.45, 2.75) is 31.2 Å². The number of amides is 1. The van der Waals surface area contributed by atoms with Gasteiger partial charge in [-0.1, -0.05) is 0 Å². The lowest BCUT2D eigenvalue weighted by Gasteiger charge is -2.25. The number of imidazole rings is 1. The highest BCUT2D eigenvalue weighted by molar-refractivity contribution is 9.10. The summed E-state index contributed by atoms with van der Waals surface area (Å²) >= 11 is 9.39. The smallest absolute Gasteiger partial charge is 0.243 e. The van der Waals surface area contributed by atoms with Crippen LogP contribution in [0.4, 0.5) is 4.39 Å². The van der Waals surface area contributed by atoms with Crippen molar-refractivity contribution in [3.63, 3.8) is 0 Å². The van der Waals surface area contributed by atoms with Gasteiger partial charge in [0.05, 0.1) is 20.9 Å². The minimum absolute atomic E-state index is 0.0421. The van der Waals surface area contributed by atoms with E-state index < -0.39 is 0 Å². The number of carbonyl (C=O) groups excluding carboxylic acids is 1. The third kappa shape index (κ3) is 2.55. The molecule has 1 aliphatic heterocycles. The highest BCUT2D eigenvalue weighted by Crippen LogP contribution is 2.33. The number of nitrogens with zero attached hydrogens (tertiary/aromatic N) is 2. The van der Waals surface area contributed by atoms with E-state index in [0.717, 1.165) is 12.8 Å². The molecule has 3 rings (SSSR count). The van der Waals surface area contributed by atoms with Crippen molar-refractivity contribution < 1.29 is 9.18 Å². The zero-order valence-corrected chi connectivity index (χ0v) is 13.7. The van der Waals surface area contributed by atoms with E-state index in [9.17, 15) is 9.18 Å². The van der Waals surface area contributed by atoms with Gasteiger partial charge in [-0.25, -0.2) is 9.37 Å². The van der Waals surface area contributed by atoms with Gasteiger partial charge in [0.25, 0.3) is 0 Å². The van der Waals surface area contributed by atoms with Gasteiger partial charge in [-0.2, -0.15) is 0 Å². The van der Waals surface area contributed by atoms with Gasteiger partial charge in [0.1, 0.15) is 17.7 Å². The number of benzene rings is 1. The second-order valence-electron chi connectivity index (χ2n) is 5.16. The quantitative estimate of drug-likeness (QED) is 0.815. The van der Waals surface area contributed by atoms with E-state index in [-0.39, 0.29) is 23.1 Å². The first-order valence-electron chi connectivity index (χ1n) is 6.77. The Balaban J connectivity index is 2.24. The molecule has 0 aliphatic carbocycles. The van der Waals surface area contributed by atoms with Crippen LogP contribution < -0.4 is 5.32 Å². The molecule has 7 heteroatoms. The first kappa shape index (κ1) is 14.8. The largest absolute Gasteiger partial charge is 0.354 e. The fourth-order valence-electron chi connectivity index (χ4n) is 2.72. The van der Waals surface area contributed by atoms with Gasteiger partial charge in [0.2, 0.25) is 5.91 Å². The average molecular weight is 375 g/mol. The molecule has 2 atom stereocenters. The standard InChI is InChI=1S/C14H14BrClFN3O/c1-7(16)13-19-10-6-9(17)8(15)5-12(10)20(13)11-3-2-4-18-14(11)21/h5-7,11H,2-4H2,1H3,(H,18,21). The van der Waals surface area contributed by atoms with Gasteiger partial charge in [-0.05, 0) is 41.8 Å². The third-order valence-corrected chi connectivity index (χ3v) is 4.49. The Morgan fingerprint density at radius 2 is 2.33 bits per heavy atom. The van der Waals surface area contributed by atoms with Crippen molar-refractivity contribution in [1.29, 1.82) is 0 Å². The van der Waals surface area contributed by atoms with Crippen LogP contribution in [0.2, 0.25) is 0 Å². The van der Waals surface area contributed by atoms with Crippen molar-refractivity contribution in [1.82, 2.24) is 14.9 Å². The summed E-state index contributed by atoms with van der Waals surface area (Å²) in [5, 5.41) is 2.49. The minimum Gasteiger partial charge on any atom is -0.354 e. The molecule has 2 heterocycles. The molecule has 0 radical (unpaired) electrons. The lowest BCUT2D eigenvalue weighted by Crippen LogP contribution is -2.38. The Hall–Kier alpha value is -1.14. The van der Waals surface area contributed by atoms with Crippen LogP contribution in [-0.2, 0) is 4.79 Å². The summed E-state index contributed by atoms with van der Waals surface area (Å²) < 4.78 is 15.9. The number of carbonyl (C=O) groups is 1. The summed E-state index contributed by atoms with van der Waals surface area (Å²) in [4.78, 5) is 16.6. The van der Waals surface area contributed by atoms with Crippen LogP contribution >= 0.6 is 27.5 Å². The molecule has 1 N–H and O–H groups in total. The molecule has 112 valence electrons. The highest BCUT2D eigenvalue weighted by atomic mass is 79.9. The molecule has 1 aliphatic rings. The Morgan fingerprint density at radius 1 is 1.57 bits per heavy atom. The second-order valence-corrected chi connectivity index (χ2v) is 6.67. The average Bonchev–Trinajstić information content (AvgIpc) is 2.78. The second kappa shape index (κ2) is 5.57. The maximum Gasteiger partial charge on any atom is 0.243 e. The first-order valence-corrected chi connectivity index (χ1v) is 8.00. The van der Waals surface area contributed by atoms with Gasteiger partial charge in [0, 0.05) is 12.6 Å². The third-order valence-electron chi connectivity index (χ3n) is 3.68. The van der Waals surface area contributed by atoms with Gasteiger partial charge < -0.3 is 9.88 Å². The summed E-state index contributed by atoms with van der Waals surface area (Å²) in [6.07, 6.45) is 1.62. The molecule has 2 unspecified atom stereocenters. The van der Waals surface area contributed by atoms with Crippen LogP contribution in [0.3, 0.4) is 0 Å². The van der Waals surface area contributed by atoms with Crippen molar-refractivity contribution in [3.05, 3.63) is 28.2 Å². The molecule has 1 fully saturated rings. The molecule has 1 aromatic carbocycles. The Morgan fingerprint density at radius 3 is 3.00 bits per heavy atom. The zero-order valence-electron chi connectivity index (χ0n) is 11.4. The number of fused-ring (bicyclic) bond motifs is 1. The number of piperidine rings is 1. The van der Waals surface area contributed by atoms with Gasteiger partial charge >= 0.3 is 0 Å². The Bertz CT molecular complexity index is 716. The van der Waals surface area contributed by atoms with Crippen LogP contribution in [0.1, 0.15) is 37.0 Å². The molecule has 0 bridgehead atoms. The fraction of sp³-hybridized carbons (Fsp3) is 0.429. The predicted octanol–water partition coefficient (Wildman–Crippen LogP) is 3.69. The van der Waals surface area contributed by atoms with E-state index in [1.165, 1.54) is 6.07 Å². The fourth-order valence-corrected chi connectivity index (χ4v) is 3.20. The van der Waals surface area contributed by atoms with Crippen molar-refractivity contribution in [3.8, 4) is 0 Å². The maximum absolute atomic E-state index is 13.7. The summed E-state index contributed by atoms with van der Waals surface area (Å²) in [7, 11) is 0. The van der Waals surface area contributed by atoms with Crippen molar-refractivity contribution in [2.24, 2.45) is 0 Å². The monoisotopic (exact) mass is 373 g/mol. The van der Waals surface area contributed by atoms with Gasteiger partial charge in [0.15, 0.2) is 0 Å². The summed E-state index contributed by atoms with van der Waals surface area (Å²) in [5.41, 5.74) is 1.23. The van der Waals surface area contributed by atoms with Crippen LogP contribution in [0.25, 0.3) is 11.0 Å². The first-order chi connectivity index (χ1) is 9.99. The topological polar surface area (TPSA) is 46.9 Å². The number of aromatic nitrogens is 2. The molecule has 1 amide bonds. The number of hydrogen-bond donors (Lipinski definition) is 1. The highest BCUT2D eigenvalue weighted by Gasteiger charge is 2.29. The number of hydrogen-bond acceptors (Lipinski definition) is 2. The van der Waals surface area contributed by atoms with E-state index in [1.807, 2.05) is 4.57 Å². The van der Waals surface area contributed by atoms with Crippen molar-refractivity contribution in [2.75, 3.05) is 6.54 Å². The summed E-state index contributed by atoms with van der Waals surface area (Å²) in [5.74, 6) is 0.166. The number of alkyl halides is 1. The van der Waals surface area contributed by atoms with Gasteiger partial charge in [-0.3, -0.25) is 4.79 Å². The molecule has 0 spiro atoms. The van der Waals surface area contributed by atoms with E-state index >= 15 is 0 Å². The maximum atomic E-state index is 13.7. The van der Waals surface area contributed by atoms with Crippen LogP contribution in [0, 0.1) is 5.82 Å². The van der Waals surface area contributed by atoms with E-state index in [4.69, 9.17) is 11.6 Å². The van der Waals surface area contributed by atoms with Crippen LogP contribution in [0.15, 0.2) is 16.6 Å². The van der Waals surface area contributed by atoms with Crippen LogP contribution in [-0.4, -0.2) is 22.0 Å². The van der Waals surface area contributed by atoms with E-state index in [0.29, 0.717) is 27.9 Å². The Kier molecular flexibility index (Phi) is 3.92. The molecule has 21 heavy (non-hydrogen) atoms.